The van der Waals surface area contributed by atoms with Crippen molar-refractivity contribution in [1.29, 1.82) is 0 Å². The standard InChI is InChI=1S/C18H22N2O3/c1-11-16(18(21)22)17-13-5-4-12(10-20-8-2-3-9-20)23-15(13)7-6-14(17)19-11/h6-7,12,19H,2-5,8-10H2,1H3,(H,21,22). The highest BCUT2D eigenvalue weighted by Crippen LogP contribution is 2.37. The first-order valence-electron chi connectivity index (χ1n) is 8.40. The lowest BCUT2D eigenvalue weighted by molar-refractivity contribution is 0.0698. The van der Waals surface area contributed by atoms with E-state index in [0.717, 1.165) is 41.6 Å². The molecule has 0 spiro atoms. The number of hydrogen-bond acceptors (Lipinski definition) is 3. The molecule has 0 saturated carbocycles. The lowest BCUT2D eigenvalue weighted by Gasteiger charge is -2.29. The third kappa shape index (κ3) is 2.49. The Bertz CT molecular complexity index is 759. The van der Waals surface area contributed by atoms with E-state index in [1.54, 1.807) is 0 Å². The largest absolute Gasteiger partial charge is 0.489 e. The number of nitrogens with zero attached hydrogens (tertiary/aromatic N) is 1. The average Bonchev–Trinajstić information content (AvgIpc) is 3.13. The Kier molecular flexibility index (Phi) is 3.53. The molecule has 3 heterocycles. The molecule has 1 fully saturated rings. The molecule has 0 radical (unpaired) electrons. The van der Waals surface area contributed by atoms with E-state index in [0.29, 0.717) is 11.3 Å². The molecule has 122 valence electrons. The summed E-state index contributed by atoms with van der Waals surface area (Å²) in [7, 11) is 0. The van der Waals surface area contributed by atoms with Gasteiger partial charge in [-0.05, 0) is 57.8 Å². The third-order valence-corrected chi connectivity index (χ3v) is 5.10. The van der Waals surface area contributed by atoms with E-state index in [9.17, 15) is 9.90 Å². The van der Waals surface area contributed by atoms with Crippen LogP contribution in [0.4, 0.5) is 0 Å². The number of H-pyrrole nitrogens is 1. The van der Waals surface area contributed by atoms with Crippen molar-refractivity contribution < 1.29 is 14.6 Å². The monoisotopic (exact) mass is 314 g/mol. The lowest BCUT2D eigenvalue weighted by Crippen LogP contribution is -2.36. The summed E-state index contributed by atoms with van der Waals surface area (Å²) in [5, 5.41) is 10.4. The van der Waals surface area contributed by atoms with Crippen LogP contribution in [0.2, 0.25) is 0 Å². The van der Waals surface area contributed by atoms with Gasteiger partial charge in [-0.3, -0.25) is 4.90 Å². The number of rotatable bonds is 3. The highest BCUT2D eigenvalue weighted by atomic mass is 16.5. The van der Waals surface area contributed by atoms with E-state index in [-0.39, 0.29) is 6.10 Å². The molecule has 5 heteroatoms. The van der Waals surface area contributed by atoms with Gasteiger partial charge < -0.3 is 14.8 Å². The minimum Gasteiger partial charge on any atom is -0.489 e. The van der Waals surface area contributed by atoms with Gasteiger partial charge in [0.15, 0.2) is 0 Å². The first-order chi connectivity index (χ1) is 11.1. The zero-order valence-electron chi connectivity index (χ0n) is 13.4. The highest BCUT2D eigenvalue weighted by Gasteiger charge is 2.27. The number of benzene rings is 1. The predicted octanol–water partition coefficient (Wildman–Crippen LogP) is 2.96. The fraction of sp³-hybridized carbons (Fsp3) is 0.500. The Morgan fingerprint density at radius 2 is 2.17 bits per heavy atom. The van der Waals surface area contributed by atoms with Crippen LogP contribution in [0.25, 0.3) is 10.9 Å². The first-order valence-corrected chi connectivity index (χ1v) is 8.40. The molecule has 0 bridgehead atoms. The normalized spacial score (nSPS) is 21.3. The van der Waals surface area contributed by atoms with E-state index in [4.69, 9.17) is 4.74 Å². The number of carboxylic acid groups (broad SMARTS) is 1. The number of likely N-dealkylation sites (tertiary alicyclic amines) is 1. The van der Waals surface area contributed by atoms with Gasteiger partial charge in [-0.15, -0.1) is 0 Å². The second kappa shape index (κ2) is 5.57. The molecule has 23 heavy (non-hydrogen) atoms. The lowest BCUT2D eigenvalue weighted by atomic mass is 9.96. The first kappa shape index (κ1) is 14.6. The van der Waals surface area contributed by atoms with E-state index in [1.165, 1.54) is 25.9 Å². The van der Waals surface area contributed by atoms with Gasteiger partial charge in [0.1, 0.15) is 11.9 Å². The minimum absolute atomic E-state index is 0.214. The Labute approximate surface area is 135 Å². The number of aromatic amines is 1. The molecule has 0 amide bonds. The van der Waals surface area contributed by atoms with Gasteiger partial charge in [-0.1, -0.05) is 0 Å². The van der Waals surface area contributed by atoms with Crippen molar-refractivity contribution in [1.82, 2.24) is 9.88 Å². The maximum absolute atomic E-state index is 11.6. The van der Waals surface area contributed by atoms with Gasteiger partial charge in [0, 0.05) is 28.7 Å². The van der Waals surface area contributed by atoms with E-state index < -0.39 is 5.97 Å². The Morgan fingerprint density at radius 3 is 2.91 bits per heavy atom. The van der Waals surface area contributed by atoms with Crippen LogP contribution in [0, 0.1) is 6.92 Å². The summed E-state index contributed by atoms with van der Waals surface area (Å²) in [6, 6.07) is 3.92. The molecule has 1 atom stereocenters. The number of aromatic carboxylic acids is 1. The zero-order valence-corrected chi connectivity index (χ0v) is 13.4. The summed E-state index contributed by atoms with van der Waals surface area (Å²) >= 11 is 0. The number of aryl methyl sites for hydroxylation is 2. The van der Waals surface area contributed by atoms with Crippen LogP contribution >= 0.6 is 0 Å². The molecular weight excluding hydrogens is 292 g/mol. The summed E-state index contributed by atoms with van der Waals surface area (Å²) < 4.78 is 6.20. The summed E-state index contributed by atoms with van der Waals surface area (Å²) in [6.07, 6.45) is 4.61. The predicted molar refractivity (Wildman–Crippen MR) is 88.4 cm³/mol. The van der Waals surface area contributed by atoms with Crippen molar-refractivity contribution >= 4 is 16.9 Å². The second-order valence-electron chi connectivity index (χ2n) is 6.68. The quantitative estimate of drug-likeness (QED) is 0.914. The Balaban J connectivity index is 1.67. The van der Waals surface area contributed by atoms with Gasteiger partial charge in [-0.2, -0.15) is 0 Å². The maximum atomic E-state index is 11.6. The van der Waals surface area contributed by atoms with Gasteiger partial charge >= 0.3 is 5.97 Å². The van der Waals surface area contributed by atoms with Gasteiger partial charge in [0.2, 0.25) is 0 Å². The van der Waals surface area contributed by atoms with Crippen LogP contribution in [0.5, 0.6) is 5.75 Å². The molecule has 2 aromatic rings. The SMILES string of the molecule is Cc1[nH]c2ccc3c(c2c1C(=O)O)CCC(CN1CCCC1)O3. The minimum atomic E-state index is -0.874. The summed E-state index contributed by atoms with van der Waals surface area (Å²) in [5.74, 6) is -0.0178. The van der Waals surface area contributed by atoms with E-state index >= 15 is 0 Å². The topological polar surface area (TPSA) is 65.6 Å². The number of fused-ring (bicyclic) bond motifs is 3. The summed E-state index contributed by atoms with van der Waals surface area (Å²) in [6.45, 7) is 5.14. The fourth-order valence-electron chi connectivity index (χ4n) is 4.02. The highest BCUT2D eigenvalue weighted by molar-refractivity contribution is 6.06. The van der Waals surface area contributed by atoms with Crippen LogP contribution in [-0.4, -0.2) is 46.7 Å². The van der Waals surface area contributed by atoms with Crippen molar-refractivity contribution in [3.05, 3.63) is 29.0 Å². The van der Waals surface area contributed by atoms with Crippen molar-refractivity contribution in [2.75, 3.05) is 19.6 Å². The summed E-state index contributed by atoms with van der Waals surface area (Å²) in [5.41, 5.74) is 3.03. The number of carbonyl (C=O) groups is 1. The average molecular weight is 314 g/mol. The fourth-order valence-corrected chi connectivity index (χ4v) is 4.02. The summed E-state index contributed by atoms with van der Waals surface area (Å²) in [4.78, 5) is 17.3. The van der Waals surface area contributed by atoms with Gasteiger partial charge in [-0.25, -0.2) is 4.79 Å². The molecule has 5 nitrogen and oxygen atoms in total. The van der Waals surface area contributed by atoms with Gasteiger partial charge in [0.25, 0.3) is 0 Å². The molecule has 1 unspecified atom stereocenters. The second-order valence-corrected chi connectivity index (χ2v) is 6.68. The zero-order chi connectivity index (χ0) is 16.0. The smallest absolute Gasteiger partial charge is 0.338 e. The van der Waals surface area contributed by atoms with E-state index in [2.05, 4.69) is 9.88 Å². The van der Waals surface area contributed by atoms with Crippen molar-refractivity contribution in [2.24, 2.45) is 0 Å². The molecule has 2 aliphatic rings. The van der Waals surface area contributed by atoms with Crippen LogP contribution in [0.3, 0.4) is 0 Å². The van der Waals surface area contributed by atoms with E-state index in [1.807, 2.05) is 19.1 Å². The van der Waals surface area contributed by atoms with Gasteiger partial charge in [0.05, 0.1) is 5.56 Å². The van der Waals surface area contributed by atoms with Crippen LogP contribution in [0.1, 0.15) is 40.9 Å². The van der Waals surface area contributed by atoms with Crippen molar-refractivity contribution in [3.8, 4) is 5.75 Å². The Morgan fingerprint density at radius 1 is 1.39 bits per heavy atom. The molecule has 2 N–H and O–H groups in total. The maximum Gasteiger partial charge on any atom is 0.338 e. The van der Waals surface area contributed by atoms with Crippen molar-refractivity contribution in [3.63, 3.8) is 0 Å². The molecule has 4 rings (SSSR count). The number of aromatic nitrogens is 1. The number of carboxylic acids is 1. The molecule has 0 aliphatic carbocycles. The Hall–Kier alpha value is -2.01. The van der Waals surface area contributed by atoms with Crippen LogP contribution in [-0.2, 0) is 6.42 Å². The van der Waals surface area contributed by atoms with Crippen LogP contribution < -0.4 is 4.74 Å². The van der Waals surface area contributed by atoms with Crippen LogP contribution in [0.15, 0.2) is 12.1 Å². The molecule has 1 saturated heterocycles. The number of ether oxygens (including phenoxy) is 1. The molecule has 2 aliphatic heterocycles. The molecular formula is C18H22N2O3. The molecule has 1 aromatic carbocycles. The third-order valence-electron chi connectivity index (χ3n) is 5.10. The number of nitrogens with one attached hydrogen (secondary N) is 1. The molecule has 1 aromatic heterocycles. The number of hydrogen-bond donors (Lipinski definition) is 2. The van der Waals surface area contributed by atoms with Crippen molar-refractivity contribution in [2.45, 2.75) is 38.7 Å².